The van der Waals surface area contributed by atoms with E-state index in [2.05, 4.69) is 0 Å². The summed E-state index contributed by atoms with van der Waals surface area (Å²) in [6, 6.07) is 3.17. The Hall–Kier alpha value is -3.73. The summed E-state index contributed by atoms with van der Waals surface area (Å²) in [5.41, 5.74) is -20.6. The fourth-order valence-electron chi connectivity index (χ4n) is 4.43. The lowest BCUT2D eigenvalue weighted by molar-refractivity contribution is -0.261. The Morgan fingerprint density at radius 1 is 0.524 bits per heavy atom. The first-order valence-corrected chi connectivity index (χ1v) is 10.8. The van der Waals surface area contributed by atoms with Crippen molar-refractivity contribution in [2.75, 3.05) is 0 Å². The topological polar surface area (TPSA) is 0 Å². The van der Waals surface area contributed by atoms with Gasteiger partial charge >= 0.3 is 18.8 Å². The van der Waals surface area contributed by atoms with Gasteiger partial charge in [-0.25, -0.2) is 52.7 Å². The Morgan fingerprint density at radius 2 is 0.881 bits per heavy atom. The van der Waals surface area contributed by atoms with E-state index >= 15 is 21.9 Å². The second-order valence-electron chi connectivity index (χ2n) is 8.72. The van der Waals surface area contributed by atoms with Crippen LogP contribution in [0.1, 0.15) is 11.1 Å². The third-order valence-electron chi connectivity index (χ3n) is 6.46. The number of alkyl halides is 6. The van der Waals surface area contributed by atoms with Gasteiger partial charge in [0.05, 0.1) is 11.1 Å². The molecular weight excluding hydrogens is 622 g/mol. The molecule has 18 heteroatoms. The molecule has 0 saturated heterocycles. The van der Waals surface area contributed by atoms with E-state index in [1.54, 1.807) is 0 Å². The molecule has 224 valence electrons. The molecule has 2 atom stereocenters. The Morgan fingerprint density at radius 3 is 1.29 bits per heavy atom. The normalized spacial score (nSPS) is 21.6. The van der Waals surface area contributed by atoms with Gasteiger partial charge in [-0.05, 0) is 5.46 Å². The van der Waals surface area contributed by atoms with Gasteiger partial charge in [0.2, 0.25) is 17.2 Å². The Bertz CT molecular complexity index is 1580. The van der Waals surface area contributed by atoms with Crippen molar-refractivity contribution in [2.24, 2.45) is 0 Å². The van der Waals surface area contributed by atoms with Crippen LogP contribution >= 0.6 is 0 Å². The number of rotatable bonds is 4. The lowest BCUT2D eigenvalue weighted by Crippen LogP contribution is -2.70. The van der Waals surface area contributed by atoms with Crippen LogP contribution < -0.4 is 5.46 Å². The van der Waals surface area contributed by atoms with E-state index in [9.17, 15) is 52.7 Å². The average Bonchev–Trinajstić information content (AvgIpc) is 2.96. The van der Waals surface area contributed by atoms with Crippen molar-refractivity contribution in [1.82, 2.24) is 0 Å². The van der Waals surface area contributed by atoms with Gasteiger partial charge in [0.25, 0.3) is 0 Å². The van der Waals surface area contributed by atoms with Crippen molar-refractivity contribution >= 4 is 23.6 Å². The minimum Gasteiger partial charge on any atom is -0.325 e. The number of hydrogen-bond donors (Lipinski definition) is 0. The molecule has 1 aliphatic carbocycles. The van der Waals surface area contributed by atoms with E-state index in [1.807, 2.05) is 0 Å². The molecule has 0 bridgehead atoms. The zero-order chi connectivity index (χ0) is 31.9. The number of hydrogen-bond acceptors (Lipinski definition) is 0. The second-order valence-corrected chi connectivity index (χ2v) is 8.72. The zero-order valence-electron chi connectivity index (χ0n) is 19.5. The van der Waals surface area contributed by atoms with Crippen LogP contribution in [-0.2, 0) is 0 Å². The van der Waals surface area contributed by atoms with Gasteiger partial charge in [-0.2, -0.15) is 17.6 Å². The monoisotopic (exact) mass is 628 g/mol. The van der Waals surface area contributed by atoms with Crippen LogP contribution in [0.5, 0.6) is 0 Å². The molecule has 2 unspecified atom stereocenters. The van der Waals surface area contributed by atoms with Gasteiger partial charge in [-0.15, -0.1) is 0 Å². The van der Waals surface area contributed by atoms with Crippen LogP contribution in [0, 0.1) is 58.2 Å². The van der Waals surface area contributed by atoms with Gasteiger partial charge in [0.15, 0.2) is 52.7 Å². The minimum atomic E-state index is -6.93. The quantitative estimate of drug-likeness (QED) is 0.120. The molecule has 3 aromatic carbocycles. The first-order valence-electron chi connectivity index (χ1n) is 10.8. The van der Waals surface area contributed by atoms with Crippen molar-refractivity contribution in [3.05, 3.63) is 99.6 Å². The summed E-state index contributed by atoms with van der Waals surface area (Å²) < 4.78 is 251. The zero-order valence-corrected chi connectivity index (χ0v) is 19.5. The van der Waals surface area contributed by atoms with Crippen LogP contribution in [0.3, 0.4) is 0 Å². The molecule has 0 spiro atoms. The smallest absolute Gasteiger partial charge is 0.325 e. The predicted octanol–water partition coefficient (Wildman–Crippen LogP) is 7.73. The third-order valence-corrected chi connectivity index (χ3v) is 6.46. The van der Waals surface area contributed by atoms with Gasteiger partial charge in [0.1, 0.15) is 0 Å². The molecule has 0 heterocycles. The van der Waals surface area contributed by atoms with E-state index in [-0.39, 0.29) is 0 Å². The van der Waals surface area contributed by atoms with Crippen molar-refractivity contribution in [3.8, 4) is 0 Å². The molecule has 0 aromatic heterocycles. The number of allylic oxidation sites excluding steroid dienone is 2. The molecule has 0 radical (unpaired) electrons. The van der Waals surface area contributed by atoms with Crippen molar-refractivity contribution in [2.45, 2.75) is 23.6 Å². The molecule has 0 saturated carbocycles. The minimum absolute atomic E-state index is 0.357. The lowest BCUT2D eigenvalue weighted by atomic mass is 9.43. The predicted molar refractivity (Wildman–Crippen MR) is 111 cm³/mol. The summed E-state index contributed by atoms with van der Waals surface area (Å²) in [5, 5.41) is 0. The summed E-state index contributed by atoms with van der Waals surface area (Å²) in [7, 11) is 0. The van der Waals surface area contributed by atoms with Gasteiger partial charge in [-0.1, -0.05) is 30.3 Å². The van der Waals surface area contributed by atoms with Gasteiger partial charge < -0.3 is 4.32 Å². The molecule has 0 N–H and O–H groups in total. The summed E-state index contributed by atoms with van der Waals surface area (Å²) >= 11 is 0. The van der Waals surface area contributed by atoms with Gasteiger partial charge in [-0.3, -0.25) is 0 Å². The summed E-state index contributed by atoms with van der Waals surface area (Å²) in [4.78, 5) is 0. The fraction of sp³-hybridized carbons (Fsp3) is 0.167. The Labute approximate surface area is 222 Å². The standard InChI is InChI=1S/C24H6BF17/c26-11-8(12(27)16(31)19(34)15(11)30)7-10(9-13(28)17(32)20(35)18(33)14(9)29)22(37,24(40,41)23(38,39)21(7)36)25(42)6-4-2-1-3-5-6/h1-5,21H. The van der Waals surface area contributed by atoms with E-state index in [0.29, 0.717) is 12.1 Å². The van der Waals surface area contributed by atoms with Crippen LogP contribution in [0.25, 0.3) is 11.1 Å². The first-order chi connectivity index (χ1) is 19.3. The molecule has 3 aromatic rings. The highest BCUT2D eigenvalue weighted by Gasteiger charge is 2.82. The second kappa shape index (κ2) is 9.93. The lowest BCUT2D eigenvalue weighted by Gasteiger charge is -2.46. The van der Waals surface area contributed by atoms with Crippen molar-refractivity contribution in [1.29, 1.82) is 0 Å². The van der Waals surface area contributed by atoms with Crippen LogP contribution in [0.4, 0.5) is 74.6 Å². The highest BCUT2D eigenvalue weighted by atomic mass is 19.3. The summed E-state index contributed by atoms with van der Waals surface area (Å²) in [6.45, 7) is -4.42. The highest BCUT2D eigenvalue weighted by Crippen LogP contribution is 2.62. The maximum atomic E-state index is 16.6. The number of halogens is 17. The molecule has 0 amide bonds. The average molecular weight is 628 g/mol. The molecule has 0 nitrogen and oxygen atoms in total. The van der Waals surface area contributed by atoms with E-state index in [0.717, 1.165) is 18.2 Å². The van der Waals surface area contributed by atoms with Crippen molar-refractivity contribution < 1.29 is 74.6 Å². The summed E-state index contributed by atoms with van der Waals surface area (Å²) in [5.74, 6) is -46.2. The van der Waals surface area contributed by atoms with Gasteiger partial charge in [0, 0.05) is 11.1 Å². The Kier molecular flexibility index (Phi) is 7.38. The van der Waals surface area contributed by atoms with Crippen LogP contribution in [0.2, 0.25) is 0 Å². The number of benzene rings is 3. The first kappa shape index (κ1) is 31.2. The highest BCUT2D eigenvalue weighted by molar-refractivity contribution is 6.72. The van der Waals surface area contributed by atoms with E-state index < -0.39 is 116 Å². The SMILES string of the molecule is FB(c1ccccc1)C1(F)C(c2c(F)c(F)c(F)c(F)c2F)=C(c2c(F)c(F)c(F)c(F)c2F)C(F)C(F)(F)C1(F)F. The largest absolute Gasteiger partial charge is 0.431 e. The molecule has 42 heavy (non-hydrogen) atoms. The maximum Gasteiger partial charge on any atom is 0.431 e. The van der Waals surface area contributed by atoms with E-state index in [4.69, 9.17) is 0 Å². The molecule has 0 aliphatic heterocycles. The fourth-order valence-corrected chi connectivity index (χ4v) is 4.43. The molecule has 0 fully saturated rings. The molecule has 1 aliphatic rings. The van der Waals surface area contributed by atoms with Crippen LogP contribution in [0.15, 0.2) is 30.3 Å². The summed E-state index contributed by atoms with van der Waals surface area (Å²) in [6.07, 6.45) is -5.22. The third kappa shape index (κ3) is 3.85. The molecule has 4 rings (SSSR count). The van der Waals surface area contributed by atoms with E-state index in [1.165, 1.54) is 0 Å². The molecular formula is C24H6BF17. The Balaban J connectivity index is 2.40. The maximum absolute atomic E-state index is 16.6. The van der Waals surface area contributed by atoms with Crippen molar-refractivity contribution in [3.63, 3.8) is 0 Å². The van der Waals surface area contributed by atoms with Crippen LogP contribution in [-0.4, -0.2) is 30.6 Å².